The summed E-state index contributed by atoms with van der Waals surface area (Å²) in [5.74, 6) is 0.682. The molecule has 1 spiro atoms. The average molecular weight is 490 g/mol. The molecular weight excluding hydrogens is 465 g/mol. The first-order valence-corrected chi connectivity index (χ1v) is 12.4. The van der Waals surface area contributed by atoms with E-state index in [1.54, 1.807) is 6.07 Å². The van der Waals surface area contributed by atoms with Crippen LogP contribution < -0.4 is 15.8 Å². The molecule has 35 heavy (non-hydrogen) atoms. The molecule has 1 aliphatic carbocycles. The lowest BCUT2D eigenvalue weighted by Gasteiger charge is -2.25. The first-order valence-electron chi connectivity index (χ1n) is 12.1. The summed E-state index contributed by atoms with van der Waals surface area (Å²) < 4.78 is 16.1. The van der Waals surface area contributed by atoms with E-state index in [2.05, 4.69) is 10.2 Å². The second kappa shape index (κ2) is 8.47. The number of benzene rings is 2. The quantitative estimate of drug-likeness (QED) is 0.578. The highest BCUT2D eigenvalue weighted by atomic mass is 35.5. The largest absolute Gasteiger partial charge is 0.355 e. The maximum absolute atomic E-state index is 14.6. The molecule has 3 heterocycles. The number of nitriles is 1. The second-order valence-corrected chi connectivity index (χ2v) is 10.4. The predicted molar refractivity (Wildman–Crippen MR) is 134 cm³/mol. The molecule has 6 nitrogen and oxygen atoms in total. The standard InChI is InChI=1S/C27H25ClFN5O/c28-23-25(33-12-10-27(16-33)9-11-31-15-27)32-24(19-3-4-20(14-30)22(29)13-19)34(26(23)35)21-7-5-18(6-8-21)17-1-2-17/h3-8,13,17,31H,1-2,9-12,15-16H2. The summed E-state index contributed by atoms with van der Waals surface area (Å²) in [7, 11) is 0. The highest BCUT2D eigenvalue weighted by Crippen LogP contribution is 2.41. The fraction of sp³-hybridized carbons (Fsp3) is 0.370. The molecule has 3 aliphatic rings. The van der Waals surface area contributed by atoms with Crippen LogP contribution in [0.2, 0.25) is 5.02 Å². The van der Waals surface area contributed by atoms with E-state index in [-0.39, 0.29) is 21.6 Å². The van der Waals surface area contributed by atoms with Gasteiger partial charge in [0.05, 0.1) is 11.3 Å². The molecule has 0 amide bonds. The highest BCUT2D eigenvalue weighted by molar-refractivity contribution is 6.32. The lowest BCUT2D eigenvalue weighted by atomic mass is 9.87. The van der Waals surface area contributed by atoms with Crippen LogP contribution in [0.5, 0.6) is 0 Å². The van der Waals surface area contributed by atoms with Crippen molar-refractivity contribution in [1.82, 2.24) is 14.9 Å². The Kier molecular flexibility index (Phi) is 5.39. The van der Waals surface area contributed by atoms with Crippen molar-refractivity contribution in [2.75, 3.05) is 31.1 Å². The van der Waals surface area contributed by atoms with E-state index < -0.39 is 5.82 Å². The molecule has 2 saturated heterocycles. The maximum atomic E-state index is 14.6. The summed E-state index contributed by atoms with van der Waals surface area (Å²) in [5.41, 5.74) is 2.01. The van der Waals surface area contributed by atoms with E-state index in [9.17, 15) is 9.18 Å². The minimum Gasteiger partial charge on any atom is -0.355 e. The summed E-state index contributed by atoms with van der Waals surface area (Å²) in [6, 6.07) is 14.0. The first-order chi connectivity index (χ1) is 17.0. The SMILES string of the molecule is N#Cc1ccc(-c2nc(N3CCC4(CCNC4)C3)c(Cl)c(=O)n2-c2ccc(C3CC3)cc2)cc1F. The highest BCUT2D eigenvalue weighted by Gasteiger charge is 2.41. The topological polar surface area (TPSA) is 74.0 Å². The van der Waals surface area contributed by atoms with Crippen molar-refractivity contribution in [3.05, 3.63) is 74.8 Å². The van der Waals surface area contributed by atoms with Gasteiger partial charge >= 0.3 is 0 Å². The molecule has 1 atom stereocenters. The Balaban J connectivity index is 1.50. The zero-order valence-corrected chi connectivity index (χ0v) is 20.0. The molecule has 3 fully saturated rings. The van der Waals surface area contributed by atoms with Gasteiger partial charge < -0.3 is 10.2 Å². The summed E-state index contributed by atoms with van der Waals surface area (Å²) in [6.07, 6.45) is 4.46. The molecule has 0 bridgehead atoms. The van der Waals surface area contributed by atoms with Gasteiger partial charge in [-0.3, -0.25) is 9.36 Å². The third kappa shape index (κ3) is 3.91. The van der Waals surface area contributed by atoms with Gasteiger partial charge in [-0.25, -0.2) is 9.37 Å². The number of halogens is 2. The first kappa shape index (κ1) is 22.3. The van der Waals surface area contributed by atoms with Gasteiger partial charge in [-0.15, -0.1) is 0 Å². The number of hydrogen-bond donors (Lipinski definition) is 1. The molecule has 3 aromatic rings. The molecule has 0 radical (unpaired) electrons. The van der Waals surface area contributed by atoms with Crippen LogP contribution >= 0.6 is 11.6 Å². The Morgan fingerprint density at radius 2 is 1.97 bits per heavy atom. The predicted octanol–water partition coefficient (Wildman–Crippen LogP) is 4.63. The number of hydrogen-bond acceptors (Lipinski definition) is 5. The number of anilines is 1. The lowest BCUT2D eigenvalue weighted by molar-refractivity contribution is 0.369. The normalized spacial score (nSPS) is 21.6. The van der Waals surface area contributed by atoms with Gasteiger partial charge in [-0.2, -0.15) is 5.26 Å². The van der Waals surface area contributed by atoms with Gasteiger partial charge in [0.1, 0.15) is 22.7 Å². The van der Waals surface area contributed by atoms with Crippen LogP contribution in [-0.4, -0.2) is 35.7 Å². The van der Waals surface area contributed by atoms with Crippen LogP contribution in [0.3, 0.4) is 0 Å². The molecule has 6 rings (SSSR count). The van der Waals surface area contributed by atoms with Crippen LogP contribution in [0.4, 0.5) is 10.2 Å². The number of nitrogens with one attached hydrogen (secondary N) is 1. The Morgan fingerprint density at radius 1 is 1.17 bits per heavy atom. The van der Waals surface area contributed by atoms with Crippen molar-refractivity contribution in [3.8, 4) is 23.1 Å². The Labute approximate surface area is 208 Å². The molecule has 1 unspecified atom stereocenters. The Bertz CT molecular complexity index is 1400. The fourth-order valence-corrected chi connectivity index (χ4v) is 5.70. The average Bonchev–Trinajstić information content (AvgIpc) is 3.49. The van der Waals surface area contributed by atoms with Crippen LogP contribution in [0.1, 0.15) is 42.7 Å². The molecule has 2 aliphatic heterocycles. The number of nitrogens with zero attached hydrogens (tertiary/aromatic N) is 4. The van der Waals surface area contributed by atoms with Gasteiger partial charge in [0, 0.05) is 30.6 Å². The van der Waals surface area contributed by atoms with Gasteiger partial charge in [-0.1, -0.05) is 23.7 Å². The van der Waals surface area contributed by atoms with Gasteiger partial charge in [0.25, 0.3) is 5.56 Å². The zero-order chi connectivity index (χ0) is 24.2. The minimum atomic E-state index is -0.650. The lowest BCUT2D eigenvalue weighted by Crippen LogP contribution is -2.32. The van der Waals surface area contributed by atoms with E-state index in [1.165, 1.54) is 35.1 Å². The summed E-state index contributed by atoms with van der Waals surface area (Å²) in [5, 5.41) is 12.7. The van der Waals surface area contributed by atoms with Crippen molar-refractivity contribution in [1.29, 1.82) is 5.26 Å². The Hall–Kier alpha value is -3.21. The van der Waals surface area contributed by atoms with Crippen LogP contribution in [0, 0.1) is 22.6 Å². The van der Waals surface area contributed by atoms with E-state index in [0.717, 1.165) is 39.0 Å². The van der Waals surface area contributed by atoms with Gasteiger partial charge in [0.2, 0.25) is 0 Å². The van der Waals surface area contributed by atoms with Gasteiger partial charge in [0.15, 0.2) is 5.82 Å². The minimum absolute atomic E-state index is 0.0548. The molecule has 1 saturated carbocycles. The summed E-state index contributed by atoms with van der Waals surface area (Å²) in [6.45, 7) is 3.46. The molecule has 1 aromatic heterocycles. The van der Waals surface area contributed by atoms with Crippen LogP contribution in [0.25, 0.3) is 17.1 Å². The summed E-state index contributed by atoms with van der Waals surface area (Å²) >= 11 is 6.68. The summed E-state index contributed by atoms with van der Waals surface area (Å²) in [4.78, 5) is 20.7. The second-order valence-electron chi connectivity index (χ2n) is 9.98. The third-order valence-corrected chi connectivity index (χ3v) is 7.96. The van der Waals surface area contributed by atoms with E-state index in [4.69, 9.17) is 21.8 Å². The van der Waals surface area contributed by atoms with E-state index >= 15 is 0 Å². The number of rotatable bonds is 4. The zero-order valence-electron chi connectivity index (χ0n) is 19.2. The third-order valence-electron chi connectivity index (χ3n) is 7.63. The van der Waals surface area contributed by atoms with Crippen molar-refractivity contribution >= 4 is 17.4 Å². The molecular formula is C27H25ClFN5O. The van der Waals surface area contributed by atoms with Crippen molar-refractivity contribution < 1.29 is 4.39 Å². The monoisotopic (exact) mass is 489 g/mol. The van der Waals surface area contributed by atoms with Crippen LogP contribution in [0.15, 0.2) is 47.3 Å². The van der Waals surface area contributed by atoms with Gasteiger partial charge in [-0.05, 0) is 74.0 Å². The maximum Gasteiger partial charge on any atom is 0.279 e. The van der Waals surface area contributed by atoms with E-state index in [1.807, 2.05) is 30.3 Å². The molecule has 178 valence electrons. The van der Waals surface area contributed by atoms with Crippen molar-refractivity contribution in [3.63, 3.8) is 0 Å². The van der Waals surface area contributed by atoms with E-state index in [0.29, 0.717) is 28.8 Å². The molecule has 1 N–H and O–H groups in total. The smallest absolute Gasteiger partial charge is 0.279 e. The Morgan fingerprint density at radius 3 is 2.63 bits per heavy atom. The molecule has 2 aromatic carbocycles. The number of aromatic nitrogens is 2. The van der Waals surface area contributed by atoms with Crippen molar-refractivity contribution in [2.24, 2.45) is 5.41 Å². The van der Waals surface area contributed by atoms with Crippen LogP contribution in [-0.2, 0) is 0 Å². The molecule has 8 heteroatoms. The van der Waals surface area contributed by atoms with Crippen molar-refractivity contribution in [2.45, 2.75) is 31.6 Å². The fourth-order valence-electron chi connectivity index (χ4n) is 5.45.